The summed E-state index contributed by atoms with van der Waals surface area (Å²) < 4.78 is 16.3. The van der Waals surface area contributed by atoms with Crippen molar-refractivity contribution < 1.29 is 9.18 Å². The number of hydrogen-bond donors (Lipinski definition) is 3. The molecule has 13 heteroatoms. The first-order valence-electron chi connectivity index (χ1n) is 12.4. The monoisotopic (exact) mass is 570 g/mol. The molecule has 0 saturated carbocycles. The molecule has 0 aliphatic heterocycles. The number of tetrazole rings is 1. The van der Waals surface area contributed by atoms with Gasteiger partial charge in [-0.2, -0.15) is 4.68 Å². The van der Waals surface area contributed by atoms with Crippen LogP contribution in [0.4, 0.5) is 10.1 Å². The SMILES string of the molecule is O=C(Nc1ccc2[nH]c(=O)[nH]c2c1)C(Cc1ccc(F)cc1)n1ccc(-c2cc(Cl)ccc2-n2cnnn2)cc1=O. The van der Waals surface area contributed by atoms with Gasteiger partial charge in [-0.05, 0) is 76.2 Å². The minimum absolute atomic E-state index is 0.113. The van der Waals surface area contributed by atoms with Crippen molar-refractivity contribution in [3.63, 3.8) is 0 Å². The van der Waals surface area contributed by atoms with E-state index in [0.29, 0.717) is 44.1 Å². The third-order valence-corrected chi connectivity index (χ3v) is 6.81. The summed E-state index contributed by atoms with van der Waals surface area (Å²) >= 11 is 6.26. The normalized spacial score (nSPS) is 12.0. The van der Waals surface area contributed by atoms with E-state index in [4.69, 9.17) is 11.6 Å². The van der Waals surface area contributed by atoms with Crippen molar-refractivity contribution in [2.75, 3.05) is 5.32 Å². The average molecular weight is 571 g/mol. The van der Waals surface area contributed by atoms with Crippen molar-refractivity contribution in [2.24, 2.45) is 0 Å². The lowest BCUT2D eigenvalue weighted by atomic mass is 10.0. The number of nitrogens with zero attached hydrogens (tertiary/aromatic N) is 5. The van der Waals surface area contributed by atoms with Gasteiger partial charge in [-0.25, -0.2) is 9.18 Å². The van der Waals surface area contributed by atoms with Crippen molar-refractivity contribution in [2.45, 2.75) is 12.5 Å². The van der Waals surface area contributed by atoms with E-state index in [1.165, 1.54) is 40.0 Å². The minimum atomic E-state index is -0.985. The summed E-state index contributed by atoms with van der Waals surface area (Å²) in [5.74, 6) is -0.886. The van der Waals surface area contributed by atoms with Gasteiger partial charge in [-0.3, -0.25) is 9.59 Å². The highest BCUT2D eigenvalue weighted by Crippen LogP contribution is 2.29. The molecule has 0 aliphatic carbocycles. The lowest BCUT2D eigenvalue weighted by Crippen LogP contribution is -2.34. The van der Waals surface area contributed by atoms with Gasteiger partial charge in [0.15, 0.2) is 0 Å². The quantitative estimate of drug-likeness (QED) is 0.266. The smallest absolute Gasteiger partial charge is 0.323 e. The molecule has 3 heterocycles. The molecule has 0 spiro atoms. The Morgan fingerprint density at radius 1 is 0.976 bits per heavy atom. The first-order valence-corrected chi connectivity index (χ1v) is 12.7. The Morgan fingerprint density at radius 2 is 1.78 bits per heavy atom. The molecule has 3 aromatic heterocycles. The van der Waals surface area contributed by atoms with Gasteiger partial charge in [0.25, 0.3) is 5.56 Å². The topological polar surface area (TPSA) is 143 Å². The molecule has 41 heavy (non-hydrogen) atoms. The Kier molecular flexibility index (Phi) is 6.73. The number of benzene rings is 3. The van der Waals surface area contributed by atoms with E-state index >= 15 is 0 Å². The third kappa shape index (κ3) is 5.40. The van der Waals surface area contributed by atoms with Gasteiger partial charge in [0, 0.05) is 35.0 Å². The highest BCUT2D eigenvalue weighted by molar-refractivity contribution is 6.31. The zero-order valence-electron chi connectivity index (χ0n) is 21.1. The number of nitrogens with one attached hydrogen (secondary N) is 3. The lowest BCUT2D eigenvalue weighted by molar-refractivity contribution is -0.119. The van der Waals surface area contributed by atoms with Gasteiger partial charge in [0.1, 0.15) is 18.2 Å². The van der Waals surface area contributed by atoms with Gasteiger partial charge in [-0.1, -0.05) is 23.7 Å². The molecule has 6 rings (SSSR count). The van der Waals surface area contributed by atoms with Crippen molar-refractivity contribution in [1.82, 2.24) is 34.7 Å². The number of carbonyl (C=O) groups is 1. The number of H-pyrrole nitrogens is 2. The van der Waals surface area contributed by atoms with Crippen LogP contribution in [0.2, 0.25) is 5.02 Å². The molecule has 1 amide bonds. The van der Waals surface area contributed by atoms with Gasteiger partial charge in [0.05, 0.1) is 16.7 Å². The Balaban J connectivity index is 1.37. The summed E-state index contributed by atoms with van der Waals surface area (Å²) in [6.07, 6.45) is 3.07. The highest BCUT2D eigenvalue weighted by Gasteiger charge is 2.23. The number of halogens is 2. The first-order chi connectivity index (χ1) is 19.8. The number of pyridine rings is 1. The van der Waals surface area contributed by atoms with Crippen molar-refractivity contribution in [3.8, 4) is 16.8 Å². The summed E-state index contributed by atoms with van der Waals surface area (Å²) in [5.41, 5.74) is 3.14. The van der Waals surface area contributed by atoms with Crippen LogP contribution in [0.25, 0.3) is 27.8 Å². The van der Waals surface area contributed by atoms with Crippen molar-refractivity contribution in [1.29, 1.82) is 0 Å². The Labute approximate surface area is 235 Å². The Morgan fingerprint density at radius 3 is 2.54 bits per heavy atom. The number of aromatic nitrogens is 7. The molecule has 0 bridgehead atoms. The minimum Gasteiger partial charge on any atom is -0.324 e. The second-order valence-electron chi connectivity index (χ2n) is 9.25. The second-order valence-corrected chi connectivity index (χ2v) is 9.69. The molecule has 1 atom stereocenters. The summed E-state index contributed by atoms with van der Waals surface area (Å²) in [4.78, 5) is 44.1. The van der Waals surface area contributed by atoms with E-state index < -0.39 is 23.3 Å². The number of carbonyl (C=O) groups excluding carboxylic acids is 1. The van der Waals surface area contributed by atoms with Gasteiger partial charge in [-0.15, -0.1) is 5.10 Å². The van der Waals surface area contributed by atoms with E-state index in [0.717, 1.165) is 0 Å². The molecule has 0 fully saturated rings. The standard InChI is InChI=1S/C28H20ClFN8O3/c29-18-3-8-24(38-15-31-35-36-38)21(13-18)17-9-10-37(26(39)12-17)25(11-16-1-4-19(30)5-2-16)27(40)32-20-6-7-22-23(14-20)34-28(41)33-22/h1-10,12-15,25H,11H2,(H,32,40)(H2,33,34,41). The van der Waals surface area contributed by atoms with Crippen LogP contribution in [0.15, 0.2) is 94.9 Å². The van der Waals surface area contributed by atoms with Crippen LogP contribution < -0.4 is 16.6 Å². The van der Waals surface area contributed by atoms with E-state index in [1.807, 2.05) is 0 Å². The number of rotatable bonds is 7. The van der Waals surface area contributed by atoms with Crippen LogP contribution in [0.1, 0.15) is 11.6 Å². The van der Waals surface area contributed by atoms with Crippen LogP contribution in [-0.4, -0.2) is 40.6 Å². The van der Waals surface area contributed by atoms with Gasteiger partial charge in [0.2, 0.25) is 5.91 Å². The van der Waals surface area contributed by atoms with Crippen LogP contribution in [-0.2, 0) is 11.2 Å². The predicted octanol–water partition coefficient (Wildman–Crippen LogP) is 3.88. The second kappa shape index (κ2) is 10.7. The van der Waals surface area contributed by atoms with Crippen LogP contribution in [0.5, 0.6) is 0 Å². The van der Waals surface area contributed by atoms with E-state index in [-0.39, 0.29) is 12.1 Å². The predicted molar refractivity (Wildman–Crippen MR) is 151 cm³/mol. The summed E-state index contributed by atoms with van der Waals surface area (Å²) in [6, 6.07) is 17.9. The summed E-state index contributed by atoms with van der Waals surface area (Å²) in [7, 11) is 0. The van der Waals surface area contributed by atoms with Crippen LogP contribution >= 0.6 is 11.6 Å². The molecule has 0 aliphatic rings. The Bertz CT molecular complexity index is 2000. The van der Waals surface area contributed by atoms with E-state index in [2.05, 4.69) is 30.8 Å². The van der Waals surface area contributed by atoms with E-state index in [1.54, 1.807) is 54.6 Å². The fourth-order valence-corrected chi connectivity index (χ4v) is 4.79. The summed E-state index contributed by atoms with van der Waals surface area (Å²) in [6.45, 7) is 0. The van der Waals surface area contributed by atoms with Crippen LogP contribution in [0, 0.1) is 5.82 Å². The number of anilines is 1. The van der Waals surface area contributed by atoms with Crippen LogP contribution in [0.3, 0.4) is 0 Å². The number of aromatic amines is 2. The Hall–Kier alpha value is -5.36. The molecular weight excluding hydrogens is 551 g/mol. The number of imidazole rings is 1. The van der Waals surface area contributed by atoms with E-state index in [9.17, 15) is 18.8 Å². The molecule has 3 N–H and O–H groups in total. The lowest BCUT2D eigenvalue weighted by Gasteiger charge is -2.20. The maximum Gasteiger partial charge on any atom is 0.323 e. The molecule has 6 aromatic rings. The largest absolute Gasteiger partial charge is 0.324 e. The van der Waals surface area contributed by atoms with Gasteiger partial charge < -0.3 is 19.9 Å². The molecule has 3 aromatic carbocycles. The molecule has 1 unspecified atom stereocenters. The van der Waals surface area contributed by atoms with Gasteiger partial charge >= 0.3 is 5.69 Å². The molecule has 204 valence electrons. The first kappa shape index (κ1) is 25.9. The molecular formula is C28H20ClFN8O3. The zero-order chi connectivity index (χ0) is 28.5. The molecule has 0 saturated heterocycles. The fourth-order valence-electron chi connectivity index (χ4n) is 4.62. The fraction of sp³-hybridized carbons (Fsp3) is 0.0714. The zero-order valence-corrected chi connectivity index (χ0v) is 21.8. The number of amides is 1. The molecule has 11 nitrogen and oxygen atoms in total. The maximum absolute atomic E-state index is 13.6. The highest BCUT2D eigenvalue weighted by atomic mass is 35.5. The number of fused-ring (bicyclic) bond motifs is 1. The number of hydrogen-bond acceptors (Lipinski definition) is 6. The summed E-state index contributed by atoms with van der Waals surface area (Å²) in [5, 5.41) is 14.6. The van der Waals surface area contributed by atoms with Crippen molar-refractivity contribution in [3.05, 3.63) is 123 Å². The third-order valence-electron chi connectivity index (χ3n) is 6.58. The van der Waals surface area contributed by atoms with Crippen molar-refractivity contribution >= 4 is 34.2 Å². The molecule has 0 radical (unpaired) electrons. The average Bonchev–Trinajstić information content (AvgIpc) is 3.62. The maximum atomic E-state index is 13.6.